The predicted molar refractivity (Wildman–Crippen MR) is 55.8 cm³/mol. The van der Waals surface area contributed by atoms with Crippen LogP contribution < -0.4 is 0 Å². The van der Waals surface area contributed by atoms with Gasteiger partial charge in [0.2, 0.25) is 0 Å². The lowest BCUT2D eigenvalue weighted by atomic mass is 10.0. The summed E-state index contributed by atoms with van der Waals surface area (Å²) in [5.74, 6) is 2.07. The van der Waals surface area contributed by atoms with Gasteiger partial charge in [-0.25, -0.2) is 0 Å². The minimum Gasteiger partial charge on any atom is -0.279 e. The Labute approximate surface area is 97.6 Å². The summed E-state index contributed by atoms with van der Waals surface area (Å²) >= 11 is 4.50. The molecule has 0 radical (unpaired) electrons. The van der Waals surface area contributed by atoms with Crippen molar-refractivity contribution in [1.82, 2.24) is 0 Å². The van der Waals surface area contributed by atoms with E-state index in [2.05, 4.69) is 12.6 Å². The maximum Gasteiger partial charge on any atom is 0.522 e. The maximum atomic E-state index is 10.7. The Hall–Kier alpha value is 0.0500. The highest BCUT2D eigenvalue weighted by Gasteiger charge is 2.44. The predicted octanol–water partition coefficient (Wildman–Crippen LogP) is 2.50. The van der Waals surface area contributed by atoms with Crippen LogP contribution in [0.15, 0.2) is 0 Å². The first-order chi connectivity index (χ1) is 7.11. The van der Waals surface area contributed by atoms with Gasteiger partial charge in [-0.15, -0.1) is 0 Å². The first-order valence-electron chi connectivity index (χ1n) is 4.83. The fraction of sp³-hybridized carbons (Fsp3) is 1.00. The largest absolute Gasteiger partial charge is 0.522 e. The molecular weight excluding hydrogens is 265 g/mol. The molecular formula is C8H13F3O3S2. The van der Waals surface area contributed by atoms with E-state index in [-0.39, 0.29) is 0 Å². The van der Waals surface area contributed by atoms with Crippen LogP contribution in [0.1, 0.15) is 25.7 Å². The summed E-state index contributed by atoms with van der Waals surface area (Å²) in [6, 6.07) is 0. The highest BCUT2D eigenvalue weighted by atomic mass is 32.2. The summed E-state index contributed by atoms with van der Waals surface area (Å²) in [7, 11) is -5.84. The third-order valence-electron chi connectivity index (χ3n) is 2.99. The molecule has 0 aromatic heterocycles. The summed E-state index contributed by atoms with van der Waals surface area (Å²) < 4.78 is 57.5. The lowest BCUT2D eigenvalue weighted by molar-refractivity contribution is -0.0510. The van der Waals surface area contributed by atoms with Gasteiger partial charge in [0.25, 0.3) is 0 Å². The SMILES string of the molecule is O=S(=O)(O)C(F)(F)F.SC1CC2CCC1C2. The van der Waals surface area contributed by atoms with Crippen molar-refractivity contribution in [3.8, 4) is 0 Å². The second kappa shape index (κ2) is 4.73. The van der Waals surface area contributed by atoms with Crippen LogP contribution >= 0.6 is 12.6 Å². The first-order valence-corrected chi connectivity index (χ1v) is 6.78. The Bertz CT molecular complexity index is 337. The minimum absolute atomic E-state index is 0.772. The van der Waals surface area contributed by atoms with Gasteiger partial charge in [-0.2, -0.15) is 34.2 Å². The zero-order chi connectivity index (χ0) is 12.6. The molecule has 2 fully saturated rings. The maximum absolute atomic E-state index is 10.7. The number of rotatable bonds is 0. The molecule has 8 heteroatoms. The molecule has 3 nitrogen and oxygen atoms in total. The van der Waals surface area contributed by atoms with Crippen molar-refractivity contribution in [3.63, 3.8) is 0 Å². The molecule has 0 amide bonds. The Balaban J connectivity index is 0.000000160. The van der Waals surface area contributed by atoms with Gasteiger partial charge in [0, 0.05) is 5.25 Å². The van der Waals surface area contributed by atoms with E-state index >= 15 is 0 Å². The van der Waals surface area contributed by atoms with Crippen molar-refractivity contribution in [1.29, 1.82) is 0 Å². The van der Waals surface area contributed by atoms with Gasteiger partial charge >= 0.3 is 15.6 Å². The summed E-state index contributed by atoms with van der Waals surface area (Å²) in [5.41, 5.74) is -5.53. The van der Waals surface area contributed by atoms with Gasteiger partial charge in [0.05, 0.1) is 0 Å². The Kier molecular flexibility index (Phi) is 4.18. The third kappa shape index (κ3) is 3.53. The van der Waals surface area contributed by atoms with Gasteiger partial charge in [0.1, 0.15) is 0 Å². The molecule has 3 atom stereocenters. The fourth-order valence-electron chi connectivity index (χ4n) is 2.21. The lowest BCUT2D eigenvalue weighted by Gasteiger charge is -2.14. The summed E-state index contributed by atoms with van der Waals surface area (Å²) in [4.78, 5) is 0. The van der Waals surface area contributed by atoms with Crippen LogP contribution in [0.2, 0.25) is 0 Å². The van der Waals surface area contributed by atoms with E-state index in [4.69, 9.17) is 13.0 Å². The molecule has 2 rings (SSSR count). The van der Waals surface area contributed by atoms with Crippen LogP contribution in [0.5, 0.6) is 0 Å². The molecule has 2 saturated carbocycles. The van der Waals surface area contributed by atoms with Crippen LogP contribution in [0, 0.1) is 11.8 Å². The Morgan fingerprint density at radius 2 is 1.69 bits per heavy atom. The van der Waals surface area contributed by atoms with E-state index in [1.807, 2.05) is 0 Å². The smallest absolute Gasteiger partial charge is 0.279 e. The van der Waals surface area contributed by atoms with E-state index in [1.54, 1.807) is 0 Å². The van der Waals surface area contributed by atoms with Crippen LogP contribution in [0.3, 0.4) is 0 Å². The normalized spacial score (nSPS) is 33.4. The molecule has 0 saturated heterocycles. The van der Waals surface area contributed by atoms with Gasteiger partial charge < -0.3 is 0 Å². The van der Waals surface area contributed by atoms with Crippen molar-refractivity contribution in [3.05, 3.63) is 0 Å². The monoisotopic (exact) mass is 278 g/mol. The highest BCUT2D eigenvalue weighted by Crippen LogP contribution is 2.46. The van der Waals surface area contributed by atoms with Crippen LogP contribution in [-0.4, -0.2) is 23.7 Å². The minimum atomic E-state index is -5.84. The van der Waals surface area contributed by atoms with Gasteiger partial charge in [-0.1, -0.05) is 6.42 Å². The van der Waals surface area contributed by atoms with Crippen molar-refractivity contribution in [2.45, 2.75) is 36.4 Å². The Morgan fingerprint density at radius 1 is 1.19 bits per heavy atom. The molecule has 1 N–H and O–H groups in total. The molecule has 0 aromatic rings. The molecule has 96 valence electrons. The van der Waals surface area contributed by atoms with Crippen LogP contribution in [0.4, 0.5) is 13.2 Å². The number of fused-ring (bicyclic) bond motifs is 2. The molecule has 2 aliphatic rings. The molecule has 3 unspecified atom stereocenters. The number of alkyl halides is 3. The number of thiol groups is 1. The zero-order valence-electron chi connectivity index (χ0n) is 8.31. The average molecular weight is 278 g/mol. The van der Waals surface area contributed by atoms with E-state index < -0.39 is 15.6 Å². The second-order valence-corrected chi connectivity index (χ2v) is 6.24. The van der Waals surface area contributed by atoms with Crippen LogP contribution in [0.25, 0.3) is 0 Å². The van der Waals surface area contributed by atoms with Gasteiger partial charge in [-0.3, -0.25) is 4.55 Å². The van der Waals surface area contributed by atoms with Gasteiger partial charge in [-0.05, 0) is 31.1 Å². The topological polar surface area (TPSA) is 54.4 Å². The van der Waals surface area contributed by atoms with Crippen molar-refractivity contribution in [2.24, 2.45) is 11.8 Å². The number of hydrogen-bond donors (Lipinski definition) is 2. The van der Waals surface area contributed by atoms with E-state index in [1.165, 1.54) is 25.7 Å². The number of halogens is 3. The van der Waals surface area contributed by atoms with E-state index in [0.29, 0.717) is 0 Å². The second-order valence-electron chi connectivity index (χ2n) is 4.16. The summed E-state index contributed by atoms with van der Waals surface area (Å²) in [6.45, 7) is 0. The first kappa shape index (κ1) is 14.1. The third-order valence-corrected chi connectivity index (χ3v) is 4.21. The Morgan fingerprint density at radius 3 is 1.81 bits per heavy atom. The zero-order valence-corrected chi connectivity index (χ0v) is 10.0. The molecule has 0 heterocycles. The fourth-order valence-corrected chi connectivity index (χ4v) is 2.78. The van der Waals surface area contributed by atoms with Crippen molar-refractivity contribution >= 4 is 22.7 Å². The molecule has 16 heavy (non-hydrogen) atoms. The quantitative estimate of drug-likeness (QED) is 0.406. The average Bonchev–Trinajstić information content (AvgIpc) is 2.61. The molecule has 0 spiro atoms. The van der Waals surface area contributed by atoms with Crippen LogP contribution in [-0.2, 0) is 10.1 Å². The summed E-state index contributed by atoms with van der Waals surface area (Å²) in [5, 5.41) is 0.772. The molecule has 0 aliphatic heterocycles. The molecule has 0 aromatic carbocycles. The molecule has 2 aliphatic carbocycles. The molecule has 2 bridgehead atoms. The number of hydrogen-bond acceptors (Lipinski definition) is 3. The summed E-state index contributed by atoms with van der Waals surface area (Å²) in [6.07, 6.45) is 5.88. The van der Waals surface area contributed by atoms with Crippen molar-refractivity contribution < 1.29 is 26.1 Å². The van der Waals surface area contributed by atoms with E-state index in [9.17, 15) is 13.2 Å². The van der Waals surface area contributed by atoms with E-state index in [0.717, 1.165) is 17.1 Å². The van der Waals surface area contributed by atoms with Gasteiger partial charge in [0.15, 0.2) is 0 Å². The van der Waals surface area contributed by atoms with Crippen molar-refractivity contribution in [2.75, 3.05) is 0 Å². The standard InChI is InChI=1S/C7H12S.CHF3O3S/c8-7-4-5-1-2-6(7)3-5;2-1(3,4)8(5,6)7/h5-8H,1-4H2;(H,5,6,7). The highest BCUT2D eigenvalue weighted by molar-refractivity contribution is 7.86. The lowest BCUT2D eigenvalue weighted by Crippen LogP contribution is -2.21.